The molecule has 1 N–H and O–H groups in total. The molecule has 0 bridgehead atoms. The number of benzene rings is 2. The van der Waals surface area contributed by atoms with E-state index in [0.29, 0.717) is 36.9 Å². The summed E-state index contributed by atoms with van der Waals surface area (Å²) in [5.41, 5.74) is -0.100. The molecule has 0 radical (unpaired) electrons. The molecule has 1 amide bonds. The van der Waals surface area contributed by atoms with Crippen LogP contribution in [0.5, 0.6) is 0 Å². The Labute approximate surface area is 194 Å². The zero-order valence-electron chi connectivity index (χ0n) is 19.4. The SMILES string of the molecule is CCOC(=O)C1(Cc2ccc(F)cc2)CCCN(C(=O)c2cccc(C#CC(C)(C)O)c2)C1. The first-order chi connectivity index (χ1) is 15.6. The molecule has 1 heterocycles. The van der Waals surface area contributed by atoms with E-state index in [1.807, 2.05) is 0 Å². The molecule has 0 aromatic heterocycles. The molecule has 0 aliphatic carbocycles. The van der Waals surface area contributed by atoms with Gasteiger partial charge < -0.3 is 14.7 Å². The number of carbonyl (C=O) groups is 2. The molecule has 2 aromatic rings. The highest BCUT2D eigenvalue weighted by atomic mass is 19.1. The number of hydrogen-bond acceptors (Lipinski definition) is 4. The summed E-state index contributed by atoms with van der Waals surface area (Å²) in [6.07, 6.45) is 1.61. The predicted octanol–water partition coefficient (Wildman–Crippen LogP) is 3.98. The lowest BCUT2D eigenvalue weighted by atomic mass is 9.75. The summed E-state index contributed by atoms with van der Waals surface area (Å²) < 4.78 is 18.8. The van der Waals surface area contributed by atoms with Crippen LogP contribution in [0.3, 0.4) is 0 Å². The Kier molecular flexibility index (Phi) is 7.55. The quantitative estimate of drug-likeness (QED) is 0.552. The number of nitrogens with zero attached hydrogens (tertiary/aromatic N) is 1. The largest absolute Gasteiger partial charge is 0.466 e. The minimum atomic E-state index is -1.13. The van der Waals surface area contributed by atoms with E-state index in [9.17, 15) is 19.1 Å². The number of halogens is 1. The molecule has 33 heavy (non-hydrogen) atoms. The van der Waals surface area contributed by atoms with E-state index >= 15 is 0 Å². The van der Waals surface area contributed by atoms with Gasteiger partial charge in [-0.3, -0.25) is 9.59 Å². The first kappa shape index (κ1) is 24.5. The van der Waals surface area contributed by atoms with Crippen molar-refractivity contribution in [1.82, 2.24) is 4.90 Å². The Morgan fingerprint density at radius 3 is 2.61 bits per heavy atom. The number of likely N-dealkylation sites (tertiary alicyclic amines) is 1. The van der Waals surface area contributed by atoms with Gasteiger partial charge in [0.05, 0.1) is 12.0 Å². The van der Waals surface area contributed by atoms with Crippen LogP contribution in [-0.4, -0.2) is 47.2 Å². The van der Waals surface area contributed by atoms with Crippen molar-refractivity contribution in [3.8, 4) is 11.8 Å². The molecule has 1 aliphatic rings. The van der Waals surface area contributed by atoms with Crippen LogP contribution in [0.1, 0.15) is 55.1 Å². The van der Waals surface area contributed by atoms with Crippen LogP contribution in [0, 0.1) is 23.1 Å². The van der Waals surface area contributed by atoms with Gasteiger partial charge in [0.15, 0.2) is 0 Å². The third kappa shape index (κ3) is 6.43. The molecule has 1 aliphatic heterocycles. The van der Waals surface area contributed by atoms with Gasteiger partial charge in [0.1, 0.15) is 11.4 Å². The first-order valence-corrected chi connectivity index (χ1v) is 11.2. The van der Waals surface area contributed by atoms with Crippen molar-refractivity contribution in [2.75, 3.05) is 19.7 Å². The van der Waals surface area contributed by atoms with Crippen LogP contribution in [0.15, 0.2) is 48.5 Å². The highest BCUT2D eigenvalue weighted by Crippen LogP contribution is 2.36. The van der Waals surface area contributed by atoms with Crippen molar-refractivity contribution >= 4 is 11.9 Å². The molecule has 1 saturated heterocycles. The number of carbonyl (C=O) groups excluding carboxylic acids is 2. The van der Waals surface area contributed by atoms with Crippen molar-refractivity contribution < 1.29 is 23.8 Å². The predicted molar refractivity (Wildman–Crippen MR) is 124 cm³/mol. The van der Waals surface area contributed by atoms with E-state index in [1.54, 1.807) is 62.1 Å². The van der Waals surface area contributed by atoms with E-state index in [0.717, 1.165) is 5.56 Å². The van der Waals surface area contributed by atoms with Gasteiger partial charge in [0.2, 0.25) is 0 Å². The number of piperidine rings is 1. The second-order valence-electron chi connectivity index (χ2n) is 9.02. The average molecular weight is 452 g/mol. The van der Waals surface area contributed by atoms with Gasteiger partial charge in [0, 0.05) is 24.2 Å². The maximum Gasteiger partial charge on any atom is 0.314 e. The van der Waals surface area contributed by atoms with Crippen molar-refractivity contribution in [2.24, 2.45) is 5.41 Å². The summed E-state index contributed by atoms with van der Waals surface area (Å²) in [5, 5.41) is 9.84. The van der Waals surface area contributed by atoms with Crippen LogP contribution < -0.4 is 0 Å². The van der Waals surface area contributed by atoms with Gasteiger partial charge in [-0.1, -0.05) is 30.0 Å². The van der Waals surface area contributed by atoms with Crippen molar-refractivity contribution in [3.05, 3.63) is 71.0 Å². The highest BCUT2D eigenvalue weighted by Gasteiger charge is 2.45. The minimum absolute atomic E-state index is 0.186. The third-order valence-electron chi connectivity index (χ3n) is 5.65. The summed E-state index contributed by atoms with van der Waals surface area (Å²) in [7, 11) is 0. The molecule has 1 fully saturated rings. The minimum Gasteiger partial charge on any atom is -0.466 e. The van der Waals surface area contributed by atoms with Gasteiger partial charge >= 0.3 is 5.97 Å². The first-order valence-electron chi connectivity index (χ1n) is 11.2. The molecule has 3 rings (SSSR count). The van der Waals surface area contributed by atoms with Crippen LogP contribution in [-0.2, 0) is 16.0 Å². The van der Waals surface area contributed by atoms with Crippen molar-refractivity contribution in [1.29, 1.82) is 0 Å². The van der Waals surface area contributed by atoms with Crippen molar-refractivity contribution in [3.63, 3.8) is 0 Å². The van der Waals surface area contributed by atoms with Gasteiger partial charge in [-0.2, -0.15) is 0 Å². The fraction of sp³-hybridized carbons (Fsp3) is 0.407. The third-order valence-corrected chi connectivity index (χ3v) is 5.65. The fourth-order valence-corrected chi connectivity index (χ4v) is 4.10. The lowest BCUT2D eigenvalue weighted by molar-refractivity contribution is -0.158. The number of aliphatic hydroxyl groups is 1. The Morgan fingerprint density at radius 2 is 1.94 bits per heavy atom. The van der Waals surface area contributed by atoms with E-state index in [-0.39, 0.29) is 30.8 Å². The van der Waals surface area contributed by atoms with E-state index in [2.05, 4.69) is 11.8 Å². The smallest absolute Gasteiger partial charge is 0.314 e. The molecular weight excluding hydrogens is 421 g/mol. The van der Waals surface area contributed by atoms with Crippen LogP contribution >= 0.6 is 0 Å². The summed E-state index contributed by atoms with van der Waals surface area (Å²) >= 11 is 0. The summed E-state index contributed by atoms with van der Waals surface area (Å²) in [4.78, 5) is 28.1. The molecule has 0 spiro atoms. The van der Waals surface area contributed by atoms with E-state index < -0.39 is 11.0 Å². The molecule has 1 atom stereocenters. The summed E-state index contributed by atoms with van der Waals surface area (Å²) in [5.74, 6) is 4.79. The molecule has 0 saturated carbocycles. The second kappa shape index (κ2) is 10.2. The molecule has 5 nitrogen and oxygen atoms in total. The second-order valence-corrected chi connectivity index (χ2v) is 9.02. The van der Waals surface area contributed by atoms with Crippen LogP contribution in [0.2, 0.25) is 0 Å². The number of amides is 1. The normalized spacial score (nSPS) is 18.3. The van der Waals surface area contributed by atoms with E-state index in [4.69, 9.17) is 4.74 Å². The standard InChI is InChI=1S/C27H30FNO4/c1-4-33-25(31)27(18-21-9-11-23(28)12-10-21)14-6-16-29(19-27)24(30)22-8-5-7-20(17-22)13-15-26(2,3)32/h5,7-12,17,32H,4,6,14,16,18-19H2,1-3H3. The Balaban J connectivity index is 1.86. The number of esters is 1. The number of hydrogen-bond donors (Lipinski definition) is 1. The zero-order valence-corrected chi connectivity index (χ0v) is 19.4. The lowest BCUT2D eigenvalue weighted by Crippen LogP contribution is -2.51. The van der Waals surface area contributed by atoms with Gasteiger partial charge in [-0.05, 0) is 75.9 Å². The van der Waals surface area contributed by atoms with Gasteiger partial charge in [-0.15, -0.1) is 0 Å². The lowest BCUT2D eigenvalue weighted by Gasteiger charge is -2.41. The maximum absolute atomic E-state index is 13.4. The highest BCUT2D eigenvalue weighted by molar-refractivity contribution is 5.95. The monoisotopic (exact) mass is 451 g/mol. The number of rotatable bonds is 5. The number of ether oxygens (including phenoxy) is 1. The topological polar surface area (TPSA) is 66.8 Å². The van der Waals surface area contributed by atoms with Crippen molar-refractivity contribution in [2.45, 2.75) is 45.6 Å². The molecule has 1 unspecified atom stereocenters. The van der Waals surface area contributed by atoms with Crippen LogP contribution in [0.4, 0.5) is 4.39 Å². The Hall–Kier alpha value is -3.17. The average Bonchev–Trinajstić information content (AvgIpc) is 2.79. The van der Waals surface area contributed by atoms with E-state index in [1.165, 1.54) is 12.1 Å². The molecule has 174 valence electrons. The van der Waals surface area contributed by atoms with Gasteiger partial charge in [-0.25, -0.2) is 4.39 Å². The molecular formula is C27H30FNO4. The molecule has 6 heteroatoms. The fourth-order valence-electron chi connectivity index (χ4n) is 4.10. The zero-order chi connectivity index (χ0) is 24.1. The summed E-state index contributed by atoms with van der Waals surface area (Å²) in [6, 6.07) is 13.0. The summed E-state index contributed by atoms with van der Waals surface area (Å²) in [6.45, 7) is 5.96. The Bertz CT molecular complexity index is 1060. The van der Waals surface area contributed by atoms with Gasteiger partial charge in [0.25, 0.3) is 5.91 Å². The Morgan fingerprint density at radius 1 is 1.21 bits per heavy atom. The van der Waals surface area contributed by atoms with Crippen LogP contribution in [0.25, 0.3) is 0 Å². The molecule has 2 aromatic carbocycles. The maximum atomic E-state index is 13.4.